The molecule has 2 unspecified atom stereocenters. The van der Waals surface area contributed by atoms with Gasteiger partial charge in [0.05, 0.1) is 17.2 Å². The highest BCUT2D eigenvalue weighted by atomic mass is 16.7. The Labute approximate surface area is 138 Å². The van der Waals surface area contributed by atoms with Gasteiger partial charge in [-0.05, 0) is 65.0 Å². The van der Waals surface area contributed by atoms with Gasteiger partial charge < -0.3 is 4.74 Å². The molecule has 1 saturated carbocycles. The van der Waals surface area contributed by atoms with Crippen molar-refractivity contribution in [2.24, 2.45) is 5.92 Å². The SMILES string of the molecule is CC(C)(C)OC(=O)C1CCCC2(CCN(c3ccccc3)O2)C1. The second kappa shape index (κ2) is 6.16. The molecule has 2 fully saturated rings. The van der Waals surface area contributed by atoms with E-state index in [0.717, 1.165) is 44.3 Å². The van der Waals surface area contributed by atoms with E-state index in [1.165, 1.54) is 0 Å². The summed E-state index contributed by atoms with van der Waals surface area (Å²) in [4.78, 5) is 18.7. The second-order valence-corrected chi connectivity index (χ2v) is 7.79. The molecule has 0 N–H and O–H groups in total. The lowest BCUT2D eigenvalue weighted by molar-refractivity contribution is -0.165. The summed E-state index contributed by atoms with van der Waals surface area (Å²) in [6.45, 7) is 6.65. The van der Waals surface area contributed by atoms with Crippen LogP contribution in [-0.2, 0) is 14.4 Å². The average Bonchev–Trinajstić information content (AvgIpc) is 2.90. The Morgan fingerprint density at radius 1 is 1.26 bits per heavy atom. The summed E-state index contributed by atoms with van der Waals surface area (Å²) >= 11 is 0. The van der Waals surface area contributed by atoms with Gasteiger partial charge in [0.2, 0.25) is 0 Å². The van der Waals surface area contributed by atoms with E-state index in [1.54, 1.807) is 0 Å². The van der Waals surface area contributed by atoms with Crippen molar-refractivity contribution in [1.29, 1.82) is 0 Å². The summed E-state index contributed by atoms with van der Waals surface area (Å²) in [5.74, 6) is -0.114. The molecule has 3 rings (SSSR count). The molecule has 2 aliphatic rings. The minimum Gasteiger partial charge on any atom is -0.460 e. The Kier molecular flexibility index (Phi) is 4.37. The fraction of sp³-hybridized carbons (Fsp3) is 0.632. The van der Waals surface area contributed by atoms with Gasteiger partial charge in [0.1, 0.15) is 5.60 Å². The number of carbonyl (C=O) groups excluding carboxylic acids is 1. The molecule has 23 heavy (non-hydrogen) atoms. The molecule has 0 aromatic heterocycles. The van der Waals surface area contributed by atoms with Crippen molar-refractivity contribution in [3.63, 3.8) is 0 Å². The molecule has 0 amide bonds. The fourth-order valence-electron chi connectivity index (χ4n) is 3.63. The van der Waals surface area contributed by atoms with Crippen molar-refractivity contribution < 1.29 is 14.4 Å². The molecule has 1 spiro atoms. The summed E-state index contributed by atoms with van der Waals surface area (Å²) < 4.78 is 5.58. The number of carbonyl (C=O) groups is 1. The van der Waals surface area contributed by atoms with Crippen molar-refractivity contribution in [2.75, 3.05) is 11.6 Å². The molecule has 0 radical (unpaired) electrons. The number of hydrogen-bond donors (Lipinski definition) is 0. The fourth-order valence-corrected chi connectivity index (χ4v) is 3.63. The third kappa shape index (κ3) is 3.86. The second-order valence-electron chi connectivity index (χ2n) is 7.79. The molecule has 4 heteroatoms. The third-order valence-electron chi connectivity index (χ3n) is 4.66. The van der Waals surface area contributed by atoms with Gasteiger partial charge >= 0.3 is 5.97 Å². The van der Waals surface area contributed by atoms with Crippen LogP contribution >= 0.6 is 0 Å². The predicted molar refractivity (Wildman–Crippen MR) is 90.0 cm³/mol. The van der Waals surface area contributed by atoms with E-state index < -0.39 is 5.60 Å². The van der Waals surface area contributed by atoms with E-state index in [2.05, 4.69) is 12.1 Å². The quantitative estimate of drug-likeness (QED) is 0.770. The van der Waals surface area contributed by atoms with Crippen LogP contribution in [0.25, 0.3) is 0 Å². The smallest absolute Gasteiger partial charge is 0.309 e. The molecule has 1 heterocycles. The first-order valence-corrected chi connectivity index (χ1v) is 8.62. The molecule has 0 bridgehead atoms. The zero-order valence-electron chi connectivity index (χ0n) is 14.4. The lowest BCUT2D eigenvalue weighted by Crippen LogP contribution is -2.40. The molecule has 1 aliphatic carbocycles. The van der Waals surface area contributed by atoms with Crippen molar-refractivity contribution in [3.05, 3.63) is 30.3 Å². The highest BCUT2D eigenvalue weighted by Crippen LogP contribution is 2.43. The first-order valence-electron chi connectivity index (χ1n) is 8.62. The number of para-hydroxylation sites is 1. The summed E-state index contributed by atoms with van der Waals surface area (Å²) in [5, 5.41) is 1.98. The first kappa shape index (κ1) is 16.3. The molecular formula is C19H27NO3. The molecule has 1 aromatic rings. The van der Waals surface area contributed by atoms with Crippen LogP contribution in [0.5, 0.6) is 0 Å². The van der Waals surface area contributed by atoms with Gasteiger partial charge in [-0.1, -0.05) is 18.2 Å². The molecular weight excluding hydrogens is 290 g/mol. The number of hydrogen-bond acceptors (Lipinski definition) is 4. The highest BCUT2D eigenvalue weighted by molar-refractivity contribution is 5.73. The third-order valence-corrected chi connectivity index (χ3v) is 4.66. The molecule has 1 saturated heterocycles. The van der Waals surface area contributed by atoms with Crippen LogP contribution in [0.2, 0.25) is 0 Å². The maximum atomic E-state index is 12.4. The zero-order valence-corrected chi connectivity index (χ0v) is 14.4. The molecule has 4 nitrogen and oxygen atoms in total. The Balaban J connectivity index is 1.66. The van der Waals surface area contributed by atoms with Gasteiger partial charge in [0.15, 0.2) is 0 Å². The number of hydroxylamine groups is 1. The topological polar surface area (TPSA) is 38.8 Å². The number of nitrogens with zero attached hydrogens (tertiary/aromatic N) is 1. The van der Waals surface area contributed by atoms with Crippen LogP contribution in [0.4, 0.5) is 5.69 Å². The molecule has 126 valence electrons. The number of anilines is 1. The maximum absolute atomic E-state index is 12.4. The maximum Gasteiger partial charge on any atom is 0.309 e. The van der Waals surface area contributed by atoms with E-state index in [-0.39, 0.29) is 17.5 Å². The minimum atomic E-state index is -0.422. The van der Waals surface area contributed by atoms with Crippen molar-refractivity contribution >= 4 is 11.7 Å². The Morgan fingerprint density at radius 3 is 2.70 bits per heavy atom. The molecule has 1 aliphatic heterocycles. The Morgan fingerprint density at radius 2 is 2.00 bits per heavy atom. The van der Waals surface area contributed by atoms with Gasteiger partial charge in [-0.2, -0.15) is 0 Å². The van der Waals surface area contributed by atoms with Crippen molar-refractivity contribution in [1.82, 2.24) is 0 Å². The largest absolute Gasteiger partial charge is 0.460 e. The predicted octanol–water partition coefficient (Wildman–Crippen LogP) is 4.10. The summed E-state index contributed by atoms with van der Waals surface area (Å²) in [5.41, 5.74) is 0.466. The van der Waals surface area contributed by atoms with Gasteiger partial charge in [-0.15, -0.1) is 0 Å². The number of esters is 1. The van der Waals surface area contributed by atoms with E-state index in [4.69, 9.17) is 9.57 Å². The first-order chi connectivity index (χ1) is 10.9. The molecule has 1 aromatic carbocycles. The average molecular weight is 317 g/mol. The van der Waals surface area contributed by atoms with Crippen LogP contribution in [-0.4, -0.2) is 23.7 Å². The highest BCUT2D eigenvalue weighted by Gasteiger charge is 2.46. The summed E-state index contributed by atoms with van der Waals surface area (Å²) in [6.07, 6.45) is 4.69. The van der Waals surface area contributed by atoms with Gasteiger partial charge in [-0.3, -0.25) is 14.7 Å². The van der Waals surface area contributed by atoms with Crippen LogP contribution < -0.4 is 5.06 Å². The number of ether oxygens (including phenoxy) is 1. The standard InChI is InChI=1S/C19H27NO3/c1-18(2,3)22-17(21)15-8-7-11-19(14-15)12-13-20(23-19)16-9-5-4-6-10-16/h4-6,9-10,15H,7-8,11-14H2,1-3H3. The van der Waals surface area contributed by atoms with E-state index >= 15 is 0 Å². The van der Waals surface area contributed by atoms with Crippen molar-refractivity contribution in [3.8, 4) is 0 Å². The minimum absolute atomic E-state index is 0.0429. The molecule has 2 atom stereocenters. The number of rotatable bonds is 2. The van der Waals surface area contributed by atoms with Crippen LogP contribution in [0.3, 0.4) is 0 Å². The van der Waals surface area contributed by atoms with E-state index in [9.17, 15) is 4.79 Å². The van der Waals surface area contributed by atoms with E-state index in [1.807, 2.05) is 44.0 Å². The zero-order chi connectivity index (χ0) is 16.5. The van der Waals surface area contributed by atoms with Gasteiger partial charge in [0.25, 0.3) is 0 Å². The Bertz CT molecular complexity index is 551. The van der Waals surface area contributed by atoms with Crippen LogP contribution in [0, 0.1) is 5.92 Å². The van der Waals surface area contributed by atoms with Crippen molar-refractivity contribution in [2.45, 2.75) is 64.1 Å². The lowest BCUT2D eigenvalue weighted by atomic mass is 9.76. The normalized spacial score (nSPS) is 28.1. The monoisotopic (exact) mass is 317 g/mol. The summed E-state index contributed by atoms with van der Waals surface area (Å²) in [7, 11) is 0. The Hall–Kier alpha value is -1.55. The van der Waals surface area contributed by atoms with Crippen LogP contribution in [0.15, 0.2) is 30.3 Å². The number of benzene rings is 1. The lowest BCUT2D eigenvalue weighted by Gasteiger charge is -2.37. The summed E-state index contributed by atoms with van der Waals surface area (Å²) in [6, 6.07) is 10.2. The van der Waals surface area contributed by atoms with Crippen LogP contribution in [0.1, 0.15) is 52.9 Å². The van der Waals surface area contributed by atoms with Gasteiger partial charge in [0, 0.05) is 6.54 Å². The van der Waals surface area contributed by atoms with Gasteiger partial charge in [-0.25, -0.2) is 0 Å². The van der Waals surface area contributed by atoms with E-state index in [0.29, 0.717) is 0 Å².